The zero-order chi connectivity index (χ0) is 11.4. The normalized spacial score (nSPS) is 16.4. The predicted molar refractivity (Wildman–Crippen MR) is 57.3 cm³/mol. The minimum Gasteiger partial charge on any atom is -0.367 e. The summed E-state index contributed by atoms with van der Waals surface area (Å²) in [7, 11) is 0. The summed E-state index contributed by atoms with van der Waals surface area (Å²) in [6.45, 7) is 2.21. The highest BCUT2D eigenvalue weighted by atomic mass is 16.2. The van der Waals surface area contributed by atoms with Gasteiger partial charge in [0.25, 0.3) is 0 Å². The monoisotopic (exact) mass is 224 g/mol. The number of nitrogens with zero attached hydrogens (tertiary/aromatic N) is 5. The molecule has 1 aromatic heterocycles. The van der Waals surface area contributed by atoms with Crippen molar-refractivity contribution >= 4 is 11.9 Å². The number of carbonyl (C=O) groups excluding carboxylic acids is 1. The molecule has 16 heavy (non-hydrogen) atoms. The Hall–Kier alpha value is -1.66. The second-order valence-corrected chi connectivity index (χ2v) is 3.95. The standard InChI is InChI=1S/C9H16N6O/c10-9-11-12-13-15(9)7-4-8(16)14-5-2-1-3-6-14/h1-7H2,(H2,10,11,13). The van der Waals surface area contributed by atoms with Gasteiger partial charge in [0.15, 0.2) is 0 Å². The molecular formula is C9H16N6O. The van der Waals surface area contributed by atoms with Crippen LogP contribution >= 0.6 is 0 Å². The number of anilines is 1. The van der Waals surface area contributed by atoms with Crippen molar-refractivity contribution < 1.29 is 4.79 Å². The molecule has 2 rings (SSSR count). The van der Waals surface area contributed by atoms with Gasteiger partial charge in [0, 0.05) is 19.5 Å². The number of tetrazole rings is 1. The molecular weight excluding hydrogens is 208 g/mol. The first-order valence-corrected chi connectivity index (χ1v) is 5.57. The largest absolute Gasteiger partial charge is 0.367 e. The molecule has 1 aromatic rings. The summed E-state index contributed by atoms with van der Waals surface area (Å²) in [6, 6.07) is 0. The van der Waals surface area contributed by atoms with Crippen molar-refractivity contribution in [3.05, 3.63) is 0 Å². The van der Waals surface area contributed by atoms with Gasteiger partial charge in [0.1, 0.15) is 0 Å². The molecule has 0 aliphatic carbocycles. The van der Waals surface area contributed by atoms with Crippen molar-refractivity contribution in [1.82, 2.24) is 25.1 Å². The van der Waals surface area contributed by atoms with Gasteiger partial charge in [-0.25, -0.2) is 4.68 Å². The molecule has 0 unspecified atom stereocenters. The fourth-order valence-electron chi connectivity index (χ4n) is 1.87. The average Bonchev–Trinajstić information content (AvgIpc) is 2.73. The van der Waals surface area contributed by atoms with E-state index in [0.29, 0.717) is 13.0 Å². The lowest BCUT2D eigenvalue weighted by Gasteiger charge is -2.26. The van der Waals surface area contributed by atoms with Crippen LogP contribution in [-0.4, -0.2) is 44.1 Å². The number of nitrogen functional groups attached to an aromatic ring is 1. The third kappa shape index (κ3) is 2.47. The smallest absolute Gasteiger partial charge is 0.240 e. The van der Waals surface area contributed by atoms with Crippen molar-refractivity contribution in [2.24, 2.45) is 0 Å². The lowest BCUT2D eigenvalue weighted by Crippen LogP contribution is -2.36. The molecule has 0 saturated carbocycles. The fraction of sp³-hybridized carbons (Fsp3) is 0.778. The predicted octanol–water partition coefficient (Wildman–Crippen LogP) is -0.342. The molecule has 2 heterocycles. The molecule has 0 atom stereocenters. The molecule has 1 saturated heterocycles. The van der Waals surface area contributed by atoms with Crippen molar-refractivity contribution in [1.29, 1.82) is 0 Å². The number of hydrogen-bond donors (Lipinski definition) is 1. The van der Waals surface area contributed by atoms with E-state index in [0.717, 1.165) is 25.9 Å². The van der Waals surface area contributed by atoms with Crippen LogP contribution in [0.3, 0.4) is 0 Å². The van der Waals surface area contributed by atoms with Gasteiger partial charge in [0.2, 0.25) is 11.9 Å². The van der Waals surface area contributed by atoms with Gasteiger partial charge >= 0.3 is 0 Å². The molecule has 1 aliphatic heterocycles. The summed E-state index contributed by atoms with van der Waals surface area (Å²) in [5, 5.41) is 10.7. The summed E-state index contributed by atoms with van der Waals surface area (Å²) >= 11 is 0. The van der Waals surface area contributed by atoms with E-state index >= 15 is 0 Å². The molecule has 88 valence electrons. The highest BCUT2D eigenvalue weighted by Crippen LogP contribution is 2.10. The maximum Gasteiger partial charge on any atom is 0.240 e. The third-order valence-electron chi connectivity index (χ3n) is 2.81. The molecule has 1 aliphatic rings. The van der Waals surface area contributed by atoms with Gasteiger partial charge < -0.3 is 10.6 Å². The Bertz CT molecular complexity index is 357. The highest BCUT2D eigenvalue weighted by molar-refractivity contribution is 5.76. The van der Waals surface area contributed by atoms with E-state index in [1.54, 1.807) is 0 Å². The van der Waals surface area contributed by atoms with Crippen LogP contribution in [0.4, 0.5) is 5.95 Å². The van der Waals surface area contributed by atoms with E-state index in [-0.39, 0.29) is 11.9 Å². The topological polar surface area (TPSA) is 89.9 Å². The molecule has 2 N–H and O–H groups in total. The first-order valence-electron chi connectivity index (χ1n) is 5.57. The molecule has 0 spiro atoms. The van der Waals surface area contributed by atoms with E-state index in [1.165, 1.54) is 11.1 Å². The van der Waals surface area contributed by atoms with Gasteiger partial charge in [-0.05, 0) is 29.7 Å². The number of amides is 1. The second kappa shape index (κ2) is 4.91. The van der Waals surface area contributed by atoms with Crippen molar-refractivity contribution in [2.75, 3.05) is 18.8 Å². The van der Waals surface area contributed by atoms with Crippen LogP contribution in [0, 0.1) is 0 Å². The number of rotatable bonds is 3. The van der Waals surface area contributed by atoms with Crippen LogP contribution < -0.4 is 5.73 Å². The molecule has 1 amide bonds. The number of hydrogen-bond acceptors (Lipinski definition) is 5. The minimum atomic E-state index is 0.162. The first-order chi connectivity index (χ1) is 7.77. The van der Waals surface area contributed by atoms with E-state index in [1.807, 2.05) is 4.90 Å². The zero-order valence-corrected chi connectivity index (χ0v) is 9.17. The van der Waals surface area contributed by atoms with E-state index in [4.69, 9.17) is 5.73 Å². The fourth-order valence-corrected chi connectivity index (χ4v) is 1.87. The molecule has 7 nitrogen and oxygen atoms in total. The Balaban J connectivity index is 1.81. The minimum absolute atomic E-state index is 0.162. The van der Waals surface area contributed by atoms with Crippen LogP contribution in [-0.2, 0) is 11.3 Å². The van der Waals surface area contributed by atoms with Crippen LogP contribution in [0.5, 0.6) is 0 Å². The van der Waals surface area contributed by atoms with Gasteiger partial charge in [-0.3, -0.25) is 4.79 Å². The summed E-state index contributed by atoms with van der Waals surface area (Å²) in [4.78, 5) is 13.7. The van der Waals surface area contributed by atoms with Crippen LogP contribution in [0.1, 0.15) is 25.7 Å². The lowest BCUT2D eigenvalue weighted by molar-refractivity contribution is -0.132. The Labute approximate surface area is 93.6 Å². The third-order valence-corrected chi connectivity index (χ3v) is 2.81. The first kappa shape index (κ1) is 10.8. The maximum atomic E-state index is 11.8. The number of likely N-dealkylation sites (tertiary alicyclic amines) is 1. The summed E-state index contributed by atoms with van der Waals surface area (Å²) in [6.07, 6.45) is 3.86. The van der Waals surface area contributed by atoms with E-state index < -0.39 is 0 Å². The Morgan fingerprint density at radius 3 is 2.69 bits per heavy atom. The zero-order valence-electron chi connectivity index (χ0n) is 9.17. The number of aryl methyl sites for hydroxylation is 1. The summed E-state index contributed by atoms with van der Waals surface area (Å²) < 4.78 is 1.45. The van der Waals surface area contributed by atoms with Gasteiger partial charge in [0.05, 0.1) is 6.54 Å². The molecule has 0 radical (unpaired) electrons. The van der Waals surface area contributed by atoms with Gasteiger partial charge in [-0.2, -0.15) is 0 Å². The lowest BCUT2D eigenvalue weighted by atomic mass is 10.1. The number of aromatic nitrogens is 4. The number of nitrogens with two attached hydrogens (primary N) is 1. The van der Waals surface area contributed by atoms with E-state index in [2.05, 4.69) is 15.5 Å². The Kier molecular flexibility index (Phi) is 3.33. The van der Waals surface area contributed by atoms with Crippen LogP contribution in [0.25, 0.3) is 0 Å². The van der Waals surface area contributed by atoms with Crippen LogP contribution in [0.15, 0.2) is 0 Å². The average molecular weight is 224 g/mol. The van der Waals surface area contributed by atoms with Crippen molar-refractivity contribution in [3.63, 3.8) is 0 Å². The quantitative estimate of drug-likeness (QED) is 0.758. The summed E-state index contributed by atoms with van der Waals surface area (Å²) in [5.74, 6) is 0.418. The molecule has 7 heteroatoms. The molecule has 1 fully saturated rings. The molecule has 0 aromatic carbocycles. The number of piperidine rings is 1. The maximum absolute atomic E-state index is 11.8. The molecule has 0 bridgehead atoms. The van der Waals surface area contributed by atoms with Gasteiger partial charge in [-0.1, -0.05) is 5.10 Å². The summed E-state index contributed by atoms with van der Waals surface area (Å²) in [5.41, 5.74) is 5.51. The SMILES string of the molecule is Nc1nnnn1CCC(=O)N1CCCCC1. The van der Waals surface area contributed by atoms with Crippen molar-refractivity contribution in [2.45, 2.75) is 32.2 Å². The van der Waals surface area contributed by atoms with Crippen molar-refractivity contribution in [3.8, 4) is 0 Å². The number of carbonyl (C=O) groups is 1. The Morgan fingerprint density at radius 1 is 1.31 bits per heavy atom. The Morgan fingerprint density at radius 2 is 2.06 bits per heavy atom. The van der Waals surface area contributed by atoms with E-state index in [9.17, 15) is 4.79 Å². The van der Waals surface area contributed by atoms with Gasteiger partial charge in [-0.15, -0.1) is 0 Å². The van der Waals surface area contributed by atoms with Crippen LogP contribution in [0.2, 0.25) is 0 Å². The highest BCUT2D eigenvalue weighted by Gasteiger charge is 2.16. The second-order valence-electron chi connectivity index (χ2n) is 3.95.